The van der Waals surface area contributed by atoms with Crippen molar-refractivity contribution >= 4 is 29.2 Å². The Morgan fingerprint density at radius 3 is 2.74 bits per heavy atom. The summed E-state index contributed by atoms with van der Waals surface area (Å²) in [7, 11) is 1.88. The van der Waals surface area contributed by atoms with Crippen LogP contribution in [0.1, 0.15) is 17.1 Å². The second kappa shape index (κ2) is 6.26. The van der Waals surface area contributed by atoms with Crippen molar-refractivity contribution in [2.24, 2.45) is 0 Å². The highest BCUT2D eigenvalue weighted by Gasteiger charge is 2.07. The van der Waals surface area contributed by atoms with E-state index >= 15 is 0 Å². The molecule has 0 atom stereocenters. The van der Waals surface area contributed by atoms with Crippen LogP contribution in [0, 0.1) is 13.8 Å². The molecule has 2 rings (SSSR count). The number of aryl methyl sites for hydroxylation is 1. The molecule has 0 amide bonds. The number of nitrogens with zero attached hydrogens (tertiary/aromatic N) is 2. The third-order valence-electron chi connectivity index (χ3n) is 2.84. The van der Waals surface area contributed by atoms with Gasteiger partial charge in [-0.25, -0.2) is 9.97 Å². The van der Waals surface area contributed by atoms with Gasteiger partial charge >= 0.3 is 0 Å². The fourth-order valence-corrected chi connectivity index (χ4v) is 2.76. The summed E-state index contributed by atoms with van der Waals surface area (Å²) in [5.41, 5.74) is 2.11. The third-order valence-corrected chi connectivity index (χ3v) is 4.06. The lowest BCUT2D eigenvalue weighted by atomic mass is 10.2. The second-order valence-electron chi connectivity index (χ2n) is 4.19. The Balaban J connectivity index is 2.13. The van der Waals surface area contributed by atoms with Gasteiger partial charge in [0.2, 0.25) is 0 Å². The lowest BCUT2D eigenvalue weighted by Crippen LogP contribution is -2.04. The summed E-state index contributed by atoms with van der Waals surface area (Å²) in [6.07, 6.45) is 0. The van der Waals surface area contributed by atoms with E-state index in [4.69, 9.17) is 11.6 Å². The first-order valence-electron chi connectivity index (χ1n) is 6.00. The van der Waals surface area contributed by atoms with Gasteiger partial charge in [0.15, 0.2) is 0 Å². The zero-order chi connectivity index (χ0) is 13.8. The first-order valence-corrected chi connectivity index (χ1v) is 7.36. The van der Waals surface area contributed by atoms with E-state index in [1.54, 1.807) is 11.8 Å². The predicted molar refractivity (Wildman–Crippen MR) is 82.1 cm³/mol. The van der Waals surface area contributed by atoms with E-state index in [2.05, 4.69) is 15.3 Å². The molecular formula is C14H16ClN3S. The topological polar surface area (TPSA) is 37.8 Å². The van der Waals surface area contributed by atoms with Crippen molar-refractivity contribution in [3.05, 3.63) is 46.4 Å². The predicted octanol–water partition coefficient (Wildman–Crippen LogP) is 4.08. The molecule has 0 aliphatic carbocycles. The average Bonchev–Trinajstić information content (AvgIpc) is 2.40. The van der Waals surface area contributed by atoms with Crippen LogP contribution in [-0.4, -0.2) is 17.0 Å². The van der Waals surface area contributed by atoms with E-state index < -0.39 is 0 Å². The monoisotopic (exact) mass is 293 g/mol. The molecule has 19 heavy (non-hydrogen) atoms. The number of hydrogen-bond donors (Lipinski definition) is 1. The molecule has 0 aliphatic heterocycles. The molecule has 1 aromatic heterocycles. The number of thioether (sulfide) groups is 1. The second-order valence-corrected chi connectivity index (χ2v) is 5.68. The quantitative estimate of drug-likeness (QED) is 0.862. The molecule has 1 heterocycles. The molecule has 1 aromatic carbocycles. The van der Waals surface area contributed by atoms with Crippen LogP contribution in [0.15, 0.2) is 29.2 Å². The van der Waals surface area contributed by atoms with Gasteiger partial charge in [-0.05, 0) is 32.0 Å². The van der Waals surface area contributed by atoms with Crippen molar-refractivity contribution in [1.82, 2.24) is 9.97 Å². The van der Waals surface area contributed by atoms with Crippen molar-refractivity contribution in [3.8, 4) is 0 Å². The molecule has 1 N–H and O–H groups in total. The minimum absolute atomic E-state index is 0.732. The standard InChI is InChI=1S/C14H16ClN3S/c1-9-10(2)17-13(18-14(9)16-3)8-19-12-6-4-5-11(15)7-12/h4-7H,8H2,1-3H3,(H,16,17,18). The van der Waals surface area contributed by atoms with Crippen LogP contribution >= 0.6 is 23.4 Å². The highest BCUT2D eigenvalue weighted by Crippen LogP contribution is 2.25. The maximum Gasteiger partial charge on any atom is 0.141 e. The highest BCUT2D eigenvalue weighted by molar-refractivity contribution is 7.98. The molecule has 2 aromatic rings. The van der Waals surface area contributed by atoms with Crippen LogP contribution in [0.5, 0.6) is 0 Å². The summed E-state index contributed by atoms with van der Waals surface area (Å²) in [5, 5.41) is 3.85. The number of hydrogen-bond acceptors (Lipinski definition) is 4. The number of rotatable bonds is 4. The molecule has 0 fully saturated rings. The van der Waals surface area contributed by atoms with Crippen LogP contribution < -0.4 is 5.32 Å². The highest BCUT2D eigenvalue weighted by atomic mass is 35.5. The number of halogens is 1. The first kappa shape index (κ1) is 14.2. The Morgan fingerprint density at radius 1 is 1.26 bits per heavy atom. The Hall–Kier alpha value is -1.26. The van der Waals surface area contributed by atoms with E-state index in [-0.39, 0.29) is 0 Å². The van der Waals surface area contributed by atoms with E-state index in [9.17, 15) is 0 Å². The molecule has 0 saturated carbocycles. The van der Waals surface area contributed by atoms with Crippen molar-refractivity contribution in [3.63, 3.8) is 0 Å². The van der Waals surface area contributed by atoms with Crippen LogP contribution in [0.25, 0.3) is 0 Å². The Morgan fingerprint density at radius 2 is 2.05 bits per heavy atom. The lowest BCUT2D eigenvalue weighted by molar-refractivity contribution is 0.974. The van der Waals surface area contributed by atoms with Crippen molar-refractivity contribution in [1.29, 1.82) is 0 Å². The molecule has 0 bridgehead atoms. The fourth-order valence-electron chi connectivity index (χ4n) is 1.70. The third kappa shape index (κ3) is 3.61. The van der Waals surface area contributed by atoms with E-state index in [1.165, 1.54) is 0 Å². The summed E-state index contributed by atoms with van der Waals surface area (Å²) < 4.78 is 0. The molecular weight excluding hydrogens is 278 g/mol. The molecule has 0 spiro atoms. The maximum atomic E-state index is 5.97. The normalized spacial score (nSPS) is 10.5. The van der Waals surface area contributed by atoms with Crippen molar-refractivity contribution in [2.75, 3.05) is 12.4 Å². The van der Waals surface area contributed by atoms with Gasteiger partial charge in [-0.2, -0.15) is 0 Å². The zero-order valence-corrected chi connectivity index (χ0v) is 12.8. The molecule has 0 saturated heterocycles. The molecule has 0 unspecified atom stereocenters. The van der Waals surface area contributed by atoms with Gasteiger partial charge in [0.1, 0.15) is 11.6 Å². The summed E-state index contributed by atoms with van der Waals surface area (Å²) in [5.74, 6) is 2.46. The number of anilines is 1. The van der Waals surface area contributed by atoms with Gasteiger partial charge < -0.3 is 5.32 Å². The largest absolute Gasteiger partial charge is 0.373 e. The number of aromatic nitrogens is 2. The molecule has 0 aliphatic rings. The maximum absolute atomic E-state index is 5.97. The Kier molecular flexibility index (Phi) is 4.66. The summed E-state index contributed by atoms with van der Waals surface area (Å²) in [6, 6.07) is 7.81. The average molecular weight is 294 g/mol. The first-order chi connectivity index (χ1) is 9.10. The van der Waals surface area contributed by atoms with Gasteiger partial charge in [-0.1, -0.05) is 17.7 Å². The van der Waals surface area contributed by atoms with Crippen LogP contribution in [-0.2, 0) is 5.75 Å². The SMILES string of the molecule is CNc1nc(CSc2cccc(Cl)c2)nc(C)c1C. The Bertz CT molecular complexity index is 587. The Labute approximate surface area is 122 Å². The smallest absolute Gasteiger partial charge is 0.141 e. The molecule has 3 nitrogen and oxygen atoms in total. The van der Waals surface area contributed by atoms with Crippen LogP contribution in [0.2, 0.25) is 5.02 Å². The molecule has 100 valence electrons. The zero-order valence-electron chi connectivity index (χ0n) is 11.2. The minimum Gasteiger partial charge on any atom is -0.373 e. The van der Waals surface area contributed by atoms with Crippen LogP contribution in [0.4, 0.5) is 5.82 Å². The number of nitrogens with one attached hydrogen (secondary N) is 1. The van der Waals surface area contributed by atoms with E-state index in [1.807, 2.05) is 45.2 Å². The van der Waals surface area contributed by atoms with Gasteiger partial charge in [0, 0.05) is 28.2 Å². The van der Waals surface area contributed by atoms with Crippen LogP contribution in [0.3, 0.4) is 0 Å². The summed E-state index contributed by atoms with van der Waals surface area (Å²) in [6.45, 7) is 4.03. The minimum atomic E-state index is 0.732. The van der Waals surface area contributed by atoms with E-state index in [0.29, 0.717) is 0 Å². The van der Waals surface area contributed by atoms with Gasteiger partial charge in [0.05, 0.1) is 5.75 Å². The summed E-state index contributed by atoms with van der Waals surface area (Å²) in [4.78, 5) is 10.2. The summed E-state index contributed by atoms with van der Waals surface area (Å²) >= 11 is 7.65. The molecule has 5 heteroatoms. The number of benzene rings is 1. The van der Waals surface area contributed by atoms with Gasteiger partial charge in [-0.3, -0.25) is 0 Å². The fraction of sp³-hybridized carbons (Fsp3) is 0.286. The van der Waals surface area contributed by atoms with E-state index in [0.717, 1.165) is 38.6 Å². The van der Waals surface area contributed by atoms with Gasteiger partial charge in [-0.15, -0.1) is 11.8 Å². The lowest BCUT2D eigenvalue weighted by Gasteiger charge is -2.09. The molecule has 0 radical (unpaired) electrons. The van der Waals surface area contributed by atoms with Gasteiger partial charge in [0.25, 0.3) is 0 Å². The van der Waals surface area contributed by atoms with Crippen molar-refractivity contribution < 1.29 is 0 Å². The van der Waals surface area contributed by atoms with Crippen molar-refractivity contribution in [2.45, 2.75) is 24.5 Å².